The third kappa shape index (κ3) is 5.44. The molecule has 37 heavy (non-hydrogen) atoms. The molecule has 1 fully saturated rings. The largest absolute Gasteiger partial charge is 0.497 e. The van der Waals surface area contributed by atoms with Gasteiger partial charge >= 0.3 is 0 Å². The Balaban J connectivity index is 1.53. The van der Waals surface area contributed by atoms with E-state index in [1.165, 1.54) is 10.9 Å². The fourth-order valence-electron chi connectivity index (χ4n) is 4.17. The van der Waals surface area contributed by atoms with Crippen LogP contribution in [0.3, 0.4) is 0 Å². The first-order chi connectivity index (χ1) is 18.0. The molecule has 1 aliphatic heterocycles. The number of nitrogens with zero attached hydrogens (tertiary/aromatic N) is 3. The molecule has 4 aromatic rings. The van der Waals surface area contributed by atoms with Gasteiger partial charge in [-0.15, -0.1) is 0 Å². The second kappa shape index (κ2) is 10.8. The number of benzene rings is 3. The SMILES string of the molecule is COc1ccc(Oc2cnn(-c3cccc(Cl)c3)c(=O)c2Nc2cccc(C(=O)N3CCCC3)c2)cc1. The minimum atomic E-state index is -0.440. The predicted octanol–water partition coefficient (Wildman–Crippen LogP) is 5.67. The normalized spacial score (nSPS) is 12.9. The summed E-state index contributed by atoms with van der Waals surface area (Å²) < 4.78 is 12.5. The highest BCUT2D eigenvalue weighted by Crippen LogP contribution is 2.30. The number of anilines is 2. The summed E-state index contributed by atoms with van der Waals surface area (Å²) in [4.78, 5) is 28.4. The van der Waals surface area contributed by atoms with Crippen LogP contribution in [0.15, 0.2) is 83.8 Å². The molecule has 1 saturated heterocycles. The molecule has 1 N–H and O–H groups in total. The molecule has 9 heteroatoms. The van der Waals surface area contributed by atoms with Crippen molar-refractivity contribution in [1.29, 1.82) is 0 Å². The Kier molecular flexibility index (Phi) is 7.09. The Bertz CT molecular complexity index is 1480. The number of ether oxygens (including phenoxy) is 2. The zero-order valence-corrected chi connectivity index (χ0v) is 20.9. The number of methoxy groups -OCH3 is 1. The molecule has 0 atom stereocenters. The van der Waals surface area contributed by atoms with E-state index in [0.29, 0.717) is 33.5 Å². The van der Waals surface area contributed by atoms with Crippen LogP contribution in [0.2, 0.25) is 5.02 Å². The lowest BCUT2D eigenvalue weighted by Gasteiger charge is -2.17. The van der Waals surface area contributed by atoms with Crippen molar-refractivity contribution >= 4 is 28.9 Å². The Morgan fingerprint density at radius 3 is 2.43 bits per heavy atom. The lowest BCUT2D eigenvalue weighted by atomic mass is 10.1. The van der Waals surface area contributed by atoms with Crippen molar-refractivity contribution in [2.24, 2.45) is 0 Å². The van der Waals surface area contributed by atoms with E-state index in [1.807, 2.05) is 4.90 Å². The summed E-state index contributed by atoms with van der Waals surface area (Å²) in [5.74, 6) is 1.38. The van der Waals surface area contributed by atoms with Crippen LogP contribution in [0.1, 0.15) is 23.2 Å². The van der Waals surface area contributed by atoms with Crippen molar-refractivity contribution < 1.29 is 14.3 Å². The van der Waals surface area contributed by atoms with E-state index in [-0.39, 0.29) is 17.3 Å². The average Bonchev–Trinajstić information content (AvgIpc) is 3.46. The van der Waals surface area contributed by atoms with Gasteiger partial charge in [0, 0.05) is 29.4 Å². The molecular formula is C28H25ClN4O4. The van der Waals surface area contributed by atoms with Gasteiger partial charge in [-0.25, -0.2) is 0 Å². The predicted molar refractivity (Wildman–Crippen MR) is 143 cm³/mol. The minimum absolute atomic E-state index is 0.0260. The molecule has 0 spiro atoms. The highest BCUT2D eigenvalue weighted by atomic mass is 35.5. The maximum atomic E-state index is 13.6. The number of amides is 1. The molecule has 3 aromatic carbocycles. The van der Waals surface area contributed by atoms with E-state index in [0.717, 1.165) is 25.9 Å². The Labute approximate surface area is 219 Å². The van der Waals surface area contributed by atoms with Gasteiger partial charge in [0.05, 0.1) is 19.0 Å². The summed E-state index contributed by atoms with van der Waals surface area (Å²) in [6, 6.07) is 20.9. The molecule has 0 unspecified atom stereocenters. The van der Waals surface area contributed by atoms with Crippen LogP contribution in [0.4, 0.5) is 11.4 Å². The van der Waals surface area contributed by atoms with E-state index in [4.69, 9.17) is 21.1 Å². The molecule has 1 aliphatic rings. The first-order valence-corrected chi connectivity index (χ1v) is 12.3. The Morgan fingerprint density at radius 2 is 1.70 bits per heavy atom. The van der Waals surface area contributed by atoms with Crippen LogP contribution < -0.4 is 20.3 Å². The quantitative estimate of drug-likeness (QED) is 0.341. The maximum Gasteiger partial charge on any atom is 0.299 e. The third-order valence-electron chi connectivity index (χ3n) is 6.06. The summed E-state index contributed by atoms with van der Waals surface area (Å²) in [6.45, 7) is 1.51. The zero-order valence-electron chi connectivity index (χ0n) is 20.2. The molecule has 5 rings (SSSR count). The maximum absolute atomic E-state index is 13.6. The van der Waals surface area contributed by atoms with Crippen LogP contribution in [0.5, 0.6) is 17.2 Å². The lowest BCUT2D eigenvalue weighted by molar-refractivity contribution is 0.0793. The van der Waals surface area contributed by atoms with Crippen LogP contribution in [0.25, 0.3) is 5.69 Å². The average molecular weight is 517 g/mol. The molecule has 0 aliphatic carbocycles. The molecule has 0 radical (unpaired) electrons. The monoisotopic (exact) mass is 516 g/mol. The third-order valence-corrected chi connectivity index (χ3v) is 6.29. The van der Waals surface area contributed by atoms with E-state index >= 15 is 0 Å². The molecular weight excluding hydrogens is 492 g/mol. The number of hydrogen-bond acceptors (Lipinski definition) is 6. The summed E-state index contributed by atoms with van der Waals surface area (Å²) in [7, 11) is 1.58. The molecule has 8 nitrogen and oxygen atoms in total. The van der Waals surface area contributed by atoms with Crippen LogP contribution in [0, 0.1) is 0 Å². The van der Waals surface area contributed by atoms with Crippen molar-refractivity contribution in [2.45, 2.75) is 12.8 Å². The van der Waals surface area contributed by atoms with Crippen LogP contribution in [-0.4, -0.2) is 40.8 Å². The molecule has 1 amide bonds. The number of likely N-dealkylation sites (tertiary alicyclic amines) is 1. The zero-order chi connectivity index (χ0) is 25.8. The number of halogens is 1. The highest BCUT2D eigenvalue weighted by Gasteiger charge is 2.20. The number of hydrogen-bond donors (Lipinski definition) is 1. The van der Waals surface area contributed by atoms with Gasteiger partial charge in [-0.2, -0.15) is 9.78 Å². The number of carbonyl (C=O) groups excluding carboxylic acids is 1. The van der Waals surface area contributed by atoms with Crippen molar-refractivity contribution in [3.8, 4) is 22.9 Å². The summed E-state index contributed by atoms with van der Waals surface area (Å²) in [6.07, 6.45) is 3.49. The molecule has 0 saturated carbocycles. The van der Waals surface area contributed by atoms with E-state index in [2.05, 4.69) is 10.4 Å². The molecule has 2 heterocycles. The van der Waals surface area contributed by atoms with Crippen molar-refractivity contribution in [3.63, 3.8) is 0 Å². The van der Waals surface area contributed by atoms with Gasteiger partial charge in [0.1, 0.15) is 11.5 Å². The summed E-state index contributed by atoms with van der Waals surface area (Å²) >= 11 is 6.15. The molecule has 1 aromatic heterocycles. The van der Waals surface area contributed by atoms with Gasteiger partial charge in [-0.3, -0.25) is 9.59 Å². The van der Waals surface area contributed by atoms with E-state index < -0.39 is 5.56 Å². The smallest absolute Gasteiger partial charge is 0.299 e. The second-order valence-electron chi connectivity index (χ2n) is 8.56. The summed E-state index contributed by atoms with van der Waals surface area (Å²) in [5.41, 5.74) is 1.36. The van der Waals surface area contributed by atoms with Crippen molar-refractivity contribution in [2.75, 3.05) is 25.5 Å². The number of aromatic nitrogens is 2. The highest BCUT2D eigenvalue weighted by molar-refractivity contribution is 6.30. The van der Waals surface area contributed by atoms with E-state index in [1.54, 1.807) is 79.9 Å². The van der Waals surface area contributed by atoms with Crippen molar-refractivity contribution in [1.82, 2.24) is 14.7 Å². The van der Waals surface area contributed by atoms with Crippen molar-refractivity contribution in [3.05, 3.63) is 99.9 Å². The Hall–Kier alpha value is -4.30. The van der Waals surface area contributed by atoms with E-state index in [9.17, 15) is 9.59 Å². The van der Waals surface area contributed by atoms with Gasteiger partial charge in [-0.05, 0) is 73.5 Å². The minimum Gasteiger partial charge on any atom is -0.497 e. The van der Waals surface area contributed by atoms with Gasteiger partial charge in [0.25, 0.3) is 11.5 Å². The number of carbonyl (C=O) groups is 1. The fraction of sp³-hybridized carbons (Fsp3) is 0.179. The van der Waals surface area contributed by atoms with Gasteiger partial charge < -0.3 is 19.7 Å². The number of nitrogens with one attached hydrogen (secondary N) is 1. The first kappa shape index (κ1) is 24.4. The standard InChI is InChI=1S/C28H25ClN4O4/c1-36-23-10-12-24(13-11-23)37-25-18-30-33(22-9-5-7-20(29)17-22)28(35)26(25)31-21-8-4-6-19(16-21)27(34)32-14-2-3-15-32/h4-13,16-18,31H,2-3,14-15H2,1H3. The second-order valence-corrected chi connectivity index (χ2v) is 9.00. The van der Waals surface area contributed by atoms with Gasteiger partial charge in [0.2, 0.25) is 0 Å². The van der Waals surface area contributed by atoms with Crippen LogP contribution >= 0.6 is 11.6 Å². The first-order valence-electron chi connectivity index (χ1n) is 11.9. The van der Waals surface area contributed by atoms with Gasteiger partial charge in [-0.1, -0.05) is 23.7 Å². The summed E-state index contributed by atoms with van der Waals surface area (Å²) in [5, 5.41) is 7.96. The Morgan fingerprint density at radius 1 is 0.973 bits per heavy atom. The fourth-order valence-corrected chi connectivity index (χ4v) is 4.36. The van der Waals surface area contributed by atoms with Crippen LogP contribution in [-0.2, 0) is 0 Å². The molecule has 0 bridgehead atoms. The lowest BCUT2D eigenvalue weighted by Crippen LogP contribution is -2.27. The number of rotatable bonds is 7. The topological polar surface area (TPSA) is 85.7 Å². The van der Waals surface area contributed by atoms with Gasteiger partial charge in [0.15, 0.2) is 11.4 Å². The molecule has 188 valence electrons.